The van der Waals surface area contributed by atoms with Crippen LogP contribution in [0.1, 0.15) is 19.3 Å². The molecule has 0 aromatic heterocycles. The molecule has 0 aliphatic carbocycles. The smallest absolute Gasteiger partial charge is 0.0923 e. The largest absolute Gasteiger partial charge is 0.389 e. The third kappa shape index (κ3) is 1.94. The van der Waals surface area contributed by atoms with Gasteiger partial charge in [0, 0.05) is 13.2 Å². The predicted octanol–water partition coefficient (Wildman–Crippen LogP) is -0.125. The van der Waals surface area contributed by atoms with Crippen molar-refractivity contribution in [2.75, 3.05) is 13.2 Å². The standard InChI is InChI=1S/C7H15NO2/c8-5-6(9)7-3-1-2-4-10-7/h6-7,9H,1-5,8H2. The van der Waals surface area contributed by atoms with Gasteiger partial charge in [-0.15, -0.1) is 0 Å². The molecule has 0 spiro atoms. The van der Waals surface area contributed by atoms with E-state index in [-0.39, 0.29) is 6.10 Å². The van der Waals surface area contributed by atoms with E-state index in [4.69, 9.17) is 10.5 Å². The lowest BCUT2D eigenvalue weighted by Crippen LogP contribution is -2.37. The highest BCUT2D eigenvalue weighted by atomic mass is 16.5. The van der Waals surface area contributed by atoms with Gasteiger partial charge in [0.05, 0.1) is 12.2 Å². The average Bonchev–Trinajstić information content (AvgIpc) is 2.05. The van der Waals surface area contributed by atoms with Gasteiger partial charge in [-0.25, -0.2) is 0 Å². The van der Waals surface area contributed by atoms with Crippen LogP contribution in [0.4, 0.5) is 0 Å². The summed E-state index contributed by atoms with van der Waals surface area (Å²) in [5.41, 5.74) is 5.27. The Morgan fingerprint density at radius 3 is 2.90 bits per heavy atom. The van der Waals surface area contributed by atoms with Gasteiger partial charge in [-0.05, 0) is 19.3 Å². The molecule has 3 heteroatoms. The topological polar surface area (TPSA) is 55.5 Å². The van der Waals surface area contributed by atoms with E-state index < -0.39 is 6.10 Å². The van der Waals surface area contributed by atoms with E-state index in [9.17, 15) is 5.11 Å². The zero-order valence-electron chi connectivity index (χ0n) is 6.12. The molecule has 0 amide bonds. The van der Waals surface area contributed by atoms with Crippen molar-refractivity contribution in [3.8, 4) is 0 Å². The van der Waals surface area contributed by atoms with Crippen LogP contribution in [-0.4, -0.2) is 30.5 Å². The minimum atomic E-state index is -0.458. The molecule has 3 N–H and O–H groups in total. The summed E-state index contributed by atoms with van der Waals surface area (Å²) < 4.78 is 5.30. The highest BCUT2D eigenvalue weighted by Crippen LogP contribution is 2.14. The number of hydrogen-bond acceptors (Lipinski definition) is 3. The van der Waals surface area contributed by atoms with E-state index in [1.807, 2.05) is 0 Å². The van der Waals surface area contributed by atoms with Gasteiger partial charge in [-0.3, -0.25) is 0 Å². The lowest BCUT2D eigenvalue weighted by atomic mass is 10.0. The summed E-state index contributed by atoms with van der Waals surface area (Å²) in [6.07, 6.45) is 2.77. The summed E-state index contributed by atoms with van der Waals surface area (Å²) in [6, 6.07) is 0. The molecule has 1 rings (SSSR count). The van der Waals surface area contributed by atoms with Gasteiger partial charge in [0.15, 0.2) is 0 Å². The van der Waals surface area contributed by atoms with Crippen molar-refractivity contribution in [2.24, 2.45) is 5.73 Å². The van der Waals surface area contributed by atoms with Crippen molar-refractivity contribution < 1.29 is 9.84 Å². The predicted molar refractivity (Wildman–Crippen MR) is 38.7 cm³/mol. The number of ether oxygens (including phenoxy) is 1. The second-order valence-corrected chi connectivity index (χ2v) is 2.71. The molecule has 1 saturated heterocycles. The highest BCUT2D eigenvalue weighted by molar-refractivity contribution is 4.72. The molecule has 2 atom stereocenters. The molecule has 10 heavy (non-hydrogen) atoms. The van der Waals surface area contributed by atoms with Crippen LogP contribution < -0.4 is 5.73 Å². The zero-order valence-corrected chi connectivity index (χ0v) is 6.12. The fraction of sp³-hybridized carbons (Fsp3) is 1.00. The maximum absolute atomic E-state index is 9.23. The van der Waals surface area contributed by atoms with Crippen LogP contribution in [0.25, 0.3) is 0 Å². The summed E-state index contributed by atoms with van der Waals surface area (Å²) in [7, 11) is 0. The molecule has 60 valence electrons. The quantitative estimate of drug-likeness (QED) is 0.569. The molecule has 0 bridgehead atoms. The maximum Gasteiger partial charge on any atom is 0.0923 e. The summed E-state index contributed by atoms with van der Waals surface area (Å²) in [5, 5.41) is 9.23. The molecule has 1 fully saturated rings. The van der Waals surface area contributed by atoms with Crippen molar-refractivity contribution in [3.63, 3.8) is 0 Å². The summed E-state index contributed by atoms with van der Waals surface area (Å²) >= 11 is 0. The van der Waals surface area contributed by atoms with Crippen LogP contribution in [0.15, 0.2) is 0 Å². The molecule has 1 aliphatic heterocycles. The Kier molecular flexibility index (Phi) is 3.12. The number of hydrogen-bond donors (Lipinski definition) is 2. The minimum Gasteiger partial charge on any atom is -0.389 e. The van der Waals surface area contributed by atoms with Crippen LogP contribution in [0, 0.1) is 0 Å². The van der Waals surface area contributed by atoms with Gasteiger partial charge in [0.25, 0.3) is 0 Å². The zero-order chi connectivity index (χ0) is 7.40. The molecular formula is C7H15NO2. The SMILES string of the molecule is NCC(O)C1CCCCO1. The third-order valence-electron chi connectivity index (χ3n) is 1.89. The van der Waals surface area contributed by atoms with E-state index in [0.717, 1.165) is 25.9 Å². The molecule has 0 aromatic carbocycles. The Balaban J connectivity index is 2.24. The van der Waals surface area contributed by atoms with Gasteiger partial charge < -0.3 is 15.6 Å². The Hall–Kier alpha value is -0.120. The summed E-state index contributed by atoms with van der Waals surface area (Å²) in [6.45, 7) is 1.09. The Morgan fingerprint density at radius 2 is 2.40 bits per heavy atom. The van der Waals surface area contributed by atoms with Crippen molar-refractivity contribution in [1.29, 1.82) is 0 Å². The Labute approximate surface area is 61.2 Å². The fourth-order valence-corrected chi connectivity index (χ4v) is 1.22. The van der Waals surface area contributed by atoms with E-state index in [0.29, 0.717) is 6.54 Å². The number of aliphatic hydroxyl groups excluding tert-OH is 1. The average molecular weight is 145 g/mol. The van der Waals surface area contributed by atoms with Gasteiger partial charge in [0.1, 0.15) is 0 Å². The molecule has 0 saturated carbocycles. The molecule has 3 nitrogen and oxygen atoms in total. The molecule has 1 aliphatic rings. The number of aliphatic hydroxyl groups is 1. The Morgan fingerprint density at radius 1 is 1.60 bits per heavy atom. The van der Waals surface area contributed by atoms with Gasteiger partial charge in [0.2, 0.25) is 0 Å². The van der Waals surface area contributed by atoms with E-state index in [1.165, 1.54) is 0 Å². The van der Waals surface area contributed by atoms with Crippen LogP contribution in [0.3, 0.4) is 0 Å². The molecule has 2 unspecified atom stereocenters. The first kappa shape index (κ1) is 7.98. The second kappa shape index (κ2) is 3.91. The van der Waals surface area contributed by atoms with Crippen molar-refractivity contribution in [1.82, 2.24) is 0 Å². The van der Waals surface area contributed by atoms with Crippen LogP contribution in [0.2, 0.25) is 0 Å². The highest BCUT2D eigenvalue weighted by Gasteiger charge is 2.20. The van der Waals surface area contributed by atoms with Crippen molar-refractivity contribution in [3.05, 3.63) is 0 Å². The lowest BCUT2D eigenvalue weighted by molar-refractivity contribution is -0.0578. The van der Waals surface area contributed by atoms with E-state index in [2.05, 4.69) is 0 Å². The first-order chi connectivity index (χ1) is 4.84. The third-order valence-corrected chi connectivity index (χ3v) is 1.89. The monoisotopic (exact) mass is 145 g/mol. The maximum atomic E-state index is 9.23. The van der Waals surface area contributed by atoms with Gasteiger partial charge >= 0.3 is 0 Å². The summed E-state index contributed by atoms with van der Waals surface area (Å²) in [5.74, 6) is 0. The second-order valence-electron chi connectivity index (χ2n) is 2.71. The Bertz CT molecular complexity index is 91.6. The minimum absolute atomic E-state index is 0.00116. The van der Waals surface area contributed by atoms with E-state index >= 15 is 0 Å². The first-order valence-electron chi connectivity index (χ1n) is 3.84. The van der Waals surface area contributed by atoms with Crippen molar-refractivity contribution >= 4 is 0 Å². The number of rotatable bonds is 2. The van der Waals surface area contributed by atoms with E-state index in [1.54, 1.807) is 0 Å². The lowest BCUT2D eigenvalue weighted by Gasteiger charge is -2.25. The fourth-order valence-electron chi connectivity index (χ4n) is 1.22. The van der Waals surface area contributed by atoms with Crippen LogP contribution >= 0.6 is 0 Å². The molecule has 0 radical (unpaired) electrons. The normalized spacial score (nSPS) is 30.0. The van der Waals surface area contributed by atoms with Crippen LogP contribution in [-0.2, 0) is 4.74 Å². The molecule has 0 aromatic rings. The van der Waals surface area contributed by atoms with Crippen molar-refractivity contribution in [2.45, 2.75) is 31.5 Å². The first-order valence-corrected chi connectivity index (χ1v) is 3.84. The molecule has 1 heterocycles. The number of nitrogens with two attached hydrogens (primary N) is 1. The van der Waals surface area contributed by atoms with Crippen LogP contribution in [0.5, 0.6) is 0 Å². The summed E-state index contributed by atoms with van der Waals surface area (Å²) in [4.78, 5) is 0. The van der Waals surface area contributed by atoms with Gasteiger partial charge in [-0.1, -0.05) is 0 Å². The van der Waals surface area contributed by atoms with Gasteiger partial charge in [-0.2, -0.15) is 0 Å². The molecular weight excluding hydrogens is 130 g/mol.